The van der Waals surface area contributed by atoms with Crippen LogP contribution in [0, 0.1) is 6.92 Å². The van der Waals surface area contributed by atoms with Gasteiger partial charge in [-0.2, -0.15) is 0 Å². The van der Waals surface area contributed by atoms with Crippen molar-refractivity contribution in [2.45, 2.75) is 32.7 Å². The summed E-state index contributed by atoms with van der Waals surface area (Å²) in [4.78, 5) is 4.04. The highest BCUT2D eigenvalue weighted by Crippen LogP contribution is 2.26. The van der Waals surface area contributed by atoms with Crippen LogP contribution in [0.25, 0.3) is 0 Å². The molecule has 2 nitrogen and oxygen atoms in total. The fourth-order valence-electron chi connectivity index (χ4n) is 2.24. The van der Waals surface area contributed by atoms with Crippen molar-refractivity contribution in [3.8, 4) is 0 Å². The summed E-state index contributed by atoms with van der Waals surface area (Å²) in [6.45, 7) is 5.13. The van der Waals surface area contributed by atoms with E-state index in [0.717, 1.165) is 35.5 Å². The maximum atomic E-state index is 6.26. The lowest BCUT2D eigenvalue weighted by Gasteiger charge is -2.20. The number of benzene rings is 1. The van der Waals surface area contributed by atoms with Gasteiger partial charge in [0.05, 0.1) is 5.02 Å². The number of aryl methyl sites for hydroxylation is 1. The van der Waals surface area contributed by atoms with Crippen LogP contribution in [0.1, 0.15) is 36.1 Å². The minimum atomic E-state index is 0.197. The van der Waals surface area contributed by atoms with Crippen LogP contribution in [-0.2, 0) is 6.42 Å². The van der Waals surface area contributed by atoms with E-state index >= 15 is 0 Å². The molecular formula is C17H20Cl2N2. The molecule has 1 aromatic heterocycles. The van der Waals surface area contributed by atoms with Gasteiger partial charge in [-0.05, 0) is 55.1 Å². The number of rotatable bonds is 6. The van der Waals surface area contributed by atoms with Gasteiger partial charge < -0.3 is 5.32 Å². The third-order valence-electron chi connectivity index (χ3n) is 3.52. The summed E-state index contributed by atoms with van der Waals surface area (Å²) in [5.74, 6) is 0. The van der Waals surface area contributed by atoms with Crippen molar-refractivity contribution in [1.82, 2.24) is 10.3 Å². The highest BCUT2D eigenvalue weighted by Gasteiger charge is 2.14. The molecule has 2 aromatic rings. The molecule has 0 saturated carbocycles. The average molecular weight is 323 g/mol. The van der Waals surface area contributed by atoms with Crippen LogP contribution in [0.3, 0.4) is 0 Å². The topological polar surface area (TPSA) is 24.9 Å². The summed E-state index contributed by atoms with van der Waals surface area (Å²) in [7, 11) is 0. The van der Waals surface area contributed by atoms with Crippen molar-refractivity contribution < 1.29 is 0 Å². The molecule has 21 heavy (non-hydrogen) atoms. The van der Waals surface area contributed by atoms with E-state index in [0.29, 0.717) is 5.02 Å². The van der Waals surface area contributed by atoms with E-state index in [1.807, 2.05) is 19.1 Å². The third-order valence-corrected chi connectivity index (χ3v) is 4.27. The molecule has 1 atom stereocenters. The number of halogens is 2. The maximum absolute atomic E-state index is 6.26. The van der Waals surface area contributed by atoms with Gasteiger partial charge in [0, 0.05) is 23.5 Å². The third kappa shape index (κ3) is 4.44. The van der Waals surface area contributed by atoms with Gasteiger partial charge in [0.25, 0.3) is 0 Å². The van der Waals surface area contributed by atoms with E-state index in [1.54, 1.807) is 12.4 Å². The normalized spacial score (nSPS) is 12.4. The van der Waals surface area contributed by atoms with Crippen LogP contribution in [0.4, 0.5) is 0 Å². The minimum Gasteiger partial charge on any atom is -0.310 e. The van der Waals surface area contributed by atoms with Gasteiger partial charge in [-0.3, -0.25) is 4.98 Å². The zero-order valence-corrected chi connectivity index (χ0v) is 13.9. The van der Waals surface area contributed by atoms with Crippen molar-refractivity contribution >= 4 is 23.2 Å². The molecule has 2 rings (SSSR count). The van der Waals surface area contributed by atoms with Gasteiger partial charge in [0.2, 0.25) is 0 Å². The second kappa shape index (κ2) is 7.79. The highest BCUT2D eigenvalue weighted by molar-refractivity contribution is 6.31. The Hall–Kier alpha value is -1.09. The first kappa shape index (κ1) is 16.3. The lowest BCUT2D eigenvalue weighted by atomic mass is 9.98. The standard InChI is InChI=1S/C17H20Cl2N2/c1-3-7-21-17(10-13-6-8-20-11-16(13)19)14-5-4-12(2)15(18)9-14/h4-6,8-9,11,17,21H,3,7,10H2,1-2H3. The van der Waals surface area contributed by atoms with Crippen molar-refractivity contribution in [2.24, 2.45) is 0 Å². The average Bonchev–Trinajstić information content (AvgIpc) is 2.48. The molecule has 4 heteroatoms. The molecule has 0 radical (unpaired) electrons. The van der Waals surface area contributed by atoms with Crippen LogP contribution >= 0.6 is 23.2 Å². The second-order valence-electron chi connectivity index (χ2n) is 5.19. The van der Waals surface area contributed by atoms with Gasteiger partial charge in [0.1, 0.15) is 0 Å². The lowest BCUT2D eigenvalue weighted by molar-refractivity contribution is 0.529. The summed E-state index contributed by atoms with van der Waals surface area (Å²) in [6, 6.07) is 8.40. The van der Waals surface area contributed by atoms with E-state index in [1.165, 1.54) is 5.56 Å². The molecule has 0 spiro atoms. The number of nitrogens with one attached hydrogen (secondary N) is 1. The Morgan fingerprint density at radius 3 is 2.67 bits per heavy atom. The van der Waals surface area contributed by atoms with E-state index < -0.39 is 0 Å². The van der Waals surface area contributed by atoms with Crippen LogP contribution in [0.5, 0.6) is 0 Å². The molecule has 0 aliphatic heterocycles. The fraction of sp³-hybridized carbons (Fsp3) is 0.353. The first-order valence-electron chi connectivity index (χ1n) is 7.19. The van der Waals surface area contributed by atoms with Crippen LogP contribution < -0.4 is 5.32 Å². The Bertz CT molecular complexity index is 599. The largest absolute Gasteiger partial charge is 0.310 e. The smallest absolute Gasteiger partial charge is 0.0622 e. The first-order valence-corrected chi connectivity index (χ1v) is 7.95. The molecule has 1 N–H and O–H groups in total. The molecule has 0 aliphatic carbocycles. The maximum Gasteiger partial charge on any atom is 0.0622 e. The summed E-state index contributed by atoms with van der Waals surface area (Å²) in [5, 5.41) is 5.08. The van der Waals surface area contributed by atoms with E-state index in [2.05, 4.69) is 29.4 Å². The molecule has 0 bridgehead atoms. The van der Waals surface area contributed by atoms with Gasteiger partial charge in [-0.1, -0.05) is 42.3 Å². The van der Waals surface area contributed by atoms with Gasteiger partial charge in [-0.25, -0.2) is 0 Å². The molecule has 0 saturated heterocycles. The Labute approximate surface area is 136 Å². The number of nitrogens with zero attached hydrogens (tertiary/aromatic N) is 1. The zero-order valence-electron chi connectivity index (χ0n) is 12.4. The molecule has 1 aromatic carbocycles. The predicted molar refractivity (Wildman–Crippen MR) is 90.2 cm³/mol. The molecular weight excluding hydrogens is 303 g/mol. The quantitative estimate of drug-likeness (QED) is 0.811. The van der Waals surface area contributed by atoms with Crippen molar-refractivity contribution in [3.63, 3.8) is 0 Å². The molecule has 0 amide bonds. The SMILES string of the molecule is CCCNC(Cc1ccncc1Cl)c1ccc(C)c(Cl)c1. The van der Waals surface area contributed by atoms with Crippen LogP contribution in [-0.4, -0.2) is 11.5 Å². The van der Waals surface area contributed by atoms with Gasteiger partial charge >= 0.3 is 0 Å². The minimum absolute atomic E-state index is 0.197. The number of aromatic nitrogens is 1. The number of pyridine rings is 1. The Morgan fingerprint density at radius 1 is 1.19 bits per heavy atom. The summed E-state index contributed by atoms with van der Waals surface area (Å²) >= 11 is 12.5. The molecule has 1 heterocycles. The van der Waals surface area contributed by atoms with Crippen LogP contribution in [0.2, 0.25) is 10.0 Å². The number of hydrogen-bond acceptors (Lipinski definition) is 2. The summed E-state index contributed by atoms with van der Waals surface area (Å²) in [5.41, 5.74) is 3.38. The van der Waals surface area contributed by atoms with Gasteiger partial charge in [-0.15, -0.1) is 0 Å². The molecule has 1 unspecified atom stereocenters. The van der Waals surface area contributed by atoms with Crippen molar-refractivity contribution in [1.29, 1.82) is 0 Å². The second-order valence-corrected chi connectivity index (χ2v) is 6.00. The molecule has 112 valence electrons. The molecule has 0 aliphatic rings. The Kier molecular flexibility index (Phi) is 6.04. The van der Waals surface area contributed by atoms with E-state index in [4.69, 9.17) is 23.2 Å². The highest BCUT2D eigenvalue weighted by atomic mass is 35.5. The molecule has 0 fully saturated rings. The monoisotopic (exact) mass is 322 g/mol. The van der Waals surface area contributed by atoms with Crippen molar-refractivity contribution in [2.75, 3.05) is 6.54 Å². The first-order chi connectivity index (χ1) is 10.1. The zero-order chi connectivity index (χ0) is 15.2. The Balaban J connectivity index is 2.25. The van der Waals surface area contributed by atoms with E-state index in [-0.39, 0.29) is 6.04 Å². The predicted octanol–water partition coefficient (Wildman–Crippen LogP) is 4.98. The fourth-order valence-corrected chi connectivity index (χ4v) is 2.63. The summed E-state index contributed by atoms with van der Waals surface area (Å²) in [6.07, 6.45) is 5.37. The van der Waals surface area contributed by atoms with Crippen molar-refractivity contribution in [3.05, 3.63) is 63.4 Å². The summed E-state index contributed by atoms with van der Waals surface area (Å²) < 4.78 is 0. The number of hydrogen-bond donors (Lipinski definition) is 1. The Morgan fingerprint density at radius 2 is 2.00 bits per heavy atom. The van der Waals surface area contributed by atoms with Crippen LogP contribution in [0.15, 0.2) is 36.7 Å². The van der Waals surface area contributed by atoms with Gasteiger partial charge in [0.15, 0.2) is 0 Å². The van der Waals surface area contributed by atoms with E-state index in [9.17, 15) is 0 Å². The lowest BCUT2D eigenvalue weighted by Crippen LogP contribution is -2.24.